The molecule has 1 saturated carbocycles. The van der Waals surface area contributed by atoms with E-state index >= 15 is 0 Å². The first-order valence-electron chi connectivity index (χ1n) is 3.46. The molecule has 1 aromatic rings. The van der Waals surface area contributed by atoms with Gasteiger partial charge in [-0.1, -0.05) is 0 Å². The fourth-order valence-corrected chi connectivity index (χ4v) is 1.05. The number of nitrogens with one attached hydrogen (secondary N) is 1. The molecule has 54 valence electrons. The maximum Gasteiger partial charge on any atom is 0.106 e. The summed E-state index contributed by atoms with van der Waals surface area (Å²) >= 11 is 0. The van der Waals surface area contributed by atoms with Gasteiger partial charge in [0.25, 0.3) is 0 Å². The molecule has 1 aliphatic rings. The number of hydrogen-bond acceptors (Lipinski definition) is 2. The Kier molecular flexibility index (Phi) is 0.951. The van der Waals surface area contributed by atoms with Crippen LogP contribution in [0.1, 0.15) is 24.2 Å². The minimum atomic E-state index is -0.554. The van der Waals surface area contributed by atoms with Gasteiger partial charge in [-0.15, -0.1) is 0 Å². The maximum atomic E-state index is 9.54. The molecule has 0 aliphatic heterocycles. The second-order valence-electron chi connectivity index (χ2n) is 2.95. The Morgan fingerprint density at radius 1 is 1.70 bits per heavy atom. The molecule has 0 spiro atoms. The summed E-state index contributed by atoms with van der Waals surface area (Å²) < 4.78 is 0. The zero-order chi connectivity index (χ0) is 7.19. The molecule has 2 N–H and O–H groups in total. The second-order valence-corrected chi connectivity index (χ2v) is 2.95. The molecule has 1 aliphatic carbocycles. The lowest BCUT2D eigenvalue weighted by molar-refractivity contribution is 0.146. The molecule has 3 nitrogen and oxygen atoms in total. The first-order chi connectivity index (χ1) is 4.71. The van der Waals surface area contributed by atoms with Gasteiger partial charge < -0.3 is 5.11 Å². The van der Waals surface area contributed by atoms with Crippen molar-refractivity contribution in [2.24, 2.45) is 0 Å². The van der Waals surface area contributed by atoms with Crippen molar-refractivity contribution in [2.45, 2.75) is 25.4 Å². The van der Waals surface area contributed by atoms with Gasteiger partial charge >= 0.3 is 0 Å². The first kappa shape index (κ1) is 5.92. The van der Waals surface area contributed by atoms with Crippen LogP contribution in [0, 0.1) is 6.92 Å². The van der Waals surface area contributed by atoms with Crippen molar-refractivity contribution in [3.8, 4) is 0 Å². The molecule has 0 saturated heterocycles. The lowest BCUT2D eigenvalue weighted by atomic mass is 10.2. The van der Waals surface area contributed by atoms with Crippen molar-refractivity contribution in [2.75, 3.05) is 0 Å². The molecule has 1 fully saturated rings. The monoisotopic (exact) mass is 138 g/mol. The van der Waals surface area contributed by atoms with Crippen molar-refractivity contribution in [1.82, 2.24) is 10.2 Å². The highest BCUT2D eigenvalue weighted by molar-refractivity contribution is 5.20. The molecule has 1 heterocycles. The van der Waals surface area contributed by atoms with E-state index in [1.165, 1.54) is 0 Å². The van der Waals surface area contributed by atoms with E-state index in [4.69, 9.17) is 0 Å². The maximum absolute atomic E-state index is 9.54. The first-order valence-corrected chi connectivity index (χ1v) is 3.46. The van der Waals surface area contributed by atoms with Crippen molar-refractivity contribution in [1.29, 1.82) is 0 Å². The highest BCUT2D eigenvalue weighted by atomic mass is 16.3. The molecular weight excluding hydrogens is 128 g/mol. The van der Waals surface area contributed by atoms with Crippen molar-refractivity contribution in [3.63, 3.8) is 0 Å². The molecule has 0 atom stereocenters. The fraction of sp³-hybridized carbons (Fsp3) is 0.571. The van der Waals surface area contributed by atoms with Crippen molar-refractivity contribution in [3.05, 3.63) is 17.5 Å². The van der Waals surface area contributed by atoms with Crippen molar-refractivity contribution < 1.29 is 5.11 Å². The third-order valence-electron chi connectivity index (χ3n) is 1.93. The average Bonchev–Trinajstić information content (AvgIpc) is 2.45. The second kappa shape index (κ2) is 1.61. The summed E-state index contributed by atoms with van der Waals surface area (Å²) in [6, 6.07) is 1.90. The van der Waals surface area contributed by atoms with Gasteiger partial charge in [0.2, 0.25) is 0 Å². The molecular formula is C7H10N2O. The Morgan fingerprint density at radius 3 is 2.80 bits per heavy atom. The van der Waals surface area contributed by atoms with Gasteiger partial charge in [0.05, 0.1) is 11.4 Å². The van der Waals surface area contributed by atoms with Crippen LogP contribution in [0.15, 0.2) is 6.07 Å². The van der Waals surface area contributed by atoms with E-state index in [1.54, 1.807) is 0 Å². The SMILES string of the molecule is Cc1cc(C2(O)CC2)[nH]n1. The number of nitrogens with zero attached hydrogens (tertiary/aromatic N) is 1. The highest BCUT2D eigenvalue weighted by Gasteiger charge is 2.43. The summed E-state index contributed by atoms with van der Waals surface area (Å²) in [5.74, 6) is 0. The van der Waals surface area contributed by atoms with Gasteiger partial charge in [-0.3, -0.25) is 5.10 Å². The Morgan fingerprint density at radius 2 is 2.40 bits per heavy atom. The van der Waals surface area contributed by atoms with Crippen LogP contribution in [0.25, 0.3) is 0 Å². The van der Waals surface area contributed by atoms with Crippen LogP contribution in [0.4, 0.5) is 0 Å². The van der Waals surface area contributed by atoms with Gasteiger partial charge in [0, 0.05) is 0 Å². The van der Waals surface area contributed by atoms with Crippen molar-refractivity contribution >= 4 is 0 Å². The topological polar surface area (TPSA) is 48.9 Å². The van der Waals surface area contributed by atoms with Crippen LogP contribution < -0.4 is 0 Å². The van der Waals surface area contributed by atoms with Crippen LogP contribution in [-0.2, 0) is 5.60 Å². The third-order valence-corrected chi connectivity index (χ3v) is 1.93. The van der Waals surface area contributed by atoms with Gasteiger partial charge in [0.1, 0.15) is 5.60 Å². The average molecular weight is 138 g/mol. The molecule has 0 radical (unpaired) electrons. The van der Waals surface area contributed by atoms with Crippen LogP contribution in [-0.4, -0.2) is 15.3 Å². The number of hydrogen-bond donors (Lipinski definition) is 2. The van der Waals surface area contributed by atoms with E-state index in [-0.39, 0.29) is 0 Å². The molecule has 1 aromatic heterocycles. The molecule has 10 heavy (non-hydrogen) atoms. The summed E-state index contributed by atoms with van der Waals surface area (Å²) in [6.07, 6.45) is 1.74. The number of aromatic nitrogens is 2. The highest BCUT2D eigenvalue weighted by Crippen LogP contribution is 2.44. The largest absolute Gasteiger partial charge is 0.384 e. The number of H-pyrrole nitrogens is 1. The Labute approximate surface area is 59.1 Å². The number of aryl methyl sites for hydroxylation is 1. The van der Waals surface area contributed by atoms with E-state index in [9.17, 15) is 5.11 Å². The van der Waals surface area contributed by atoms with Gasteiger partial charge in [-0.05, 0) is 25.8 Å². The van der Waals surface area contributed by atoms with Gasteiger partial charge in [-0.2, -0.15) is 5.10 Å². The van der Waals surface area contributed by atoms with Crippen LogP contribution in [0.3, 0.4) is 0 Å². The van der Waals surface area contributed by atoms with E-state index in [0.29, 0.717) is 0 Å². The van der Waals surface area contributed by atoms with E-state index in [2.05, 4.69) is 10.2 Å². The summed E-state index contributed by atoms with van der Waals surface area (Å²) in [5.41, 5.74) is 1.25. The summed E-state index contributed by atoms with van der Waals surface area (Å²) in [6.45, 7) is 1.91. The number of aliphatic hydroxyl groups is 1. The zero-order valence-electron chi connectivity index (χ0n) is 5.89. The normalized spacial score (nSPS) is 21.0. The smallest absolute Gasteiger partial charge is 0.106 e. The molecule has 0 unspecified atom stereocenters. The number of rotatable bonds is 1. The Hall–Kier alpha value is -0.830. The molecule has 0 aromatic carbocycles. The lowest BCUT2D eigenvalue weighted by Gasteiger charge is -2.00. The predicted molar refractivity (Wildman–Crippen MR) is 36.5 cm³/mol. The van der Waals surface area contributed by atoms with Gasteiger partial charge in [0.15, 0.2) is 0 Å². The Bertz CT molecular complexity index is 250. The quantitative estimate of drug-likeness (QED) is 0.600. The fourth-order valence-electron chi connectivity index (χ4n) is 1.05. The number of aromatic amines is 1. The standard InChI is InChI=1S/C7H10N2O/c1-5-4-6(9-8-5)7(10)2-3-7/h4,10H,2-3H2,1H3,(H,8,9). The lowest BCUT2D eigenvalue weighted by Crippen LogP contribution is -2.03. The van der Waals surface area contributed by atoms with E-state index in [1.807, 2.05) is 13.0 Å². The van der Waals surface area contributed by atoms with Crippen LogP contribution >= 0.6 is 0 Å². The zero-order valence-corrected chi connectivity index (χ0v) is 5.89. The molecule has 0 bridgehead atoms. The minimum absolute atomic E-state index is 0.554. The third kappa shape index (κ3) is 0.743. The Balaban J connectivity index is 2.34. The van der Waals surface area contributed by atoms with Gasteiger partial charge in [-0.25, -0.2) is 0 Å². The summed E-state index contributed by atoms with van der Waals surface area (Å²) in [4.78, 5) is 0. The summed E-state index contributed by atoms with van der Waals surface area (Å²) in [5, 5.41) is 16.3. The molecule has 3 heteroatoms. The predicted octanol–water partition coefficient (Wildman–Crippen LogP) is 0.700. The minimum Gasteiger partial charge on any atom is -0.384 e. The summed E-state index contributed by atoms with van der Waals surface area (Å²) in [7, 11) is 0. The van der Waals surface area contributed by atoms with E-state index < -0.39 is 5.60 Å². The molecule has 2 rings (SSSR count). The van der Waals surface area contributed by atoms with Crippen LogP contribution in [0.5, 0.6) is 0 Å². The van der Waals surface area contributed by atoms with Crippen LogP contribution in [0.2, 0.25) is 0 Å². The molecule has 0 amide bonds. The van der Waals surface area contributed by atoms with E-state index in [0.717, 1.165) is 24.2 Å².